The number of carbonyl (C=O) groups is 1. The average Bonchev–Trinajstić information content (AvgIpc) is 3.39. The molecule has 1 aliphatic heterocycles. The van der Waals surface area contributed by atoms with E-state index in [2.05, 4.69) is 20.3 Å². The van der Waals surface area contributed by atoms with E-state index in [4.69, 9.17) is 5.73 Å². The fourth-order valence-electron chi connectivity index (χ4n) is 4.89. The predicted octanol–water partition coefficient (Wildman–Crippen LogP) is 2.89. The van der Waals surface area contributed by atoms with Crippen LogP contribution in [-0.2, 0) is 4.79 Å². The number of aromatic nitrogens is 4. The van der Waals surface area contributed by atoms with Crippen molar-refractivity contribution in [2.24, 2.45) is 5.92 Å². The molecule has 5 rings (SSSR count). The lowest BCUT2D eigenvalue weighted by atomic mass is 9.85. The zero-order chi connectivity index (χ0) is 24.0. The maximum Gasteiger partial charge on any atom is 0.225 e. The van der Waals surface area contributed by atoms with Crippen molar-refractivity contribution in [1.82, 2.24) is 24.4 Å². The number of nitrogen functional groups attached to an aromatic ring is 1. The second kappa shape index (κ2) is 8.75. The number of hydrogen-bond donors (Lipinski definition) is 3. The van der Waals surface area contributed by atoms with E-state index < -0.39 is 29.2 Å². The molecule has 0 radical (unpaired) electrons. The number of benzene rings is 1. The molecule has 4 N–H and O–H groups in total. The van der Waals surface area contributed by atoms with E-state index in [-0.39, 0.29) is 29.8 Å². The van der Waals surface area contributed by atoms with Crippen molar-refractivity contribution in [3.8, 4) is 0 Å². The number of nitrogens with one attached hydrogen (secondary N) is 1. The van der Waals surface area contributed by atoms with Gasteiger partial charge >= 0.3 is 0 Å². The van der Waals surface area contributed by atoms with E-state index >= 15 is 0 Å². The van der Waals surface area contributed by atoms with E-state index in [0.717, 1.165) is 0 Å². The summed E-state index contributed by atoms with van der Waals surface area (Å²) in [5.41, 5.74) is 6.02. The van der Waals surface area contributed by atoms with Crippen LogP contribution in [0.2, 0.25) is 0 Å². The van der Waals surface area contributed by atoms with Crippen molar-refractivity contribution >= 4 is 34.7 Å². The number of amides is 1. The monoisotopic (exact) mass is 475 g/mol. The highest BCUT2D eigenvalue weighted by Crippen LogP contribution is 2.38. The lowest BCUT2D eigenvalue weighted by molar-refractivity contribution is -0.136. The molecule has 0 bridgehead atoms. The SMILES string of the molecule is Nc1ncc2nc(Nc3c(F)cc(F)cc3F)n(C3CCC(C(=O)N4CCC(O)C4)CC3)c2n1. The van der Waals surface area contributed by atoms with Gasteiger partial charge in [0.1, 0.15) is 17.0 Å². The first-order valence-electron chi connectivity index (χ1n) is 11.2. The first kappa shape index (κ1) is 22.4. The van der Waals surface area contributed by atoms with E-state index in [1.165, 1.54) is 6.20 Å². The Bertz CT molecular complexity index is 1220. The summed E-state index contributed by atoms with van der Waals surface area (Å²) in [6.07, 6.45) is 3.96. The van der Waals surface area contributed by atoms with Crippen LogP contribution in [-0.4, -0.2) is 54.6 Å². The van der Waals surface area contributed by atoms with E-state index in [1.807, 2.05) is 0 Å². The van der Waals surface area contributed by atoms with E-state index in [1.54, 1.807) is 9.47 Å². The fraction of sp³-hybridized carbons (Fsp3) is 0.455. The first-order chi connectivity index (χ1) is 16.3. The number of fused-ring (bicyclic) bond motifs is 1. The second-order valence-electron chi connectivity index (χ2n) is 8.84. The molecule has 2 aliphatic rings. The molecular formula is C22H24F3N7O2. The van der Waals surface area contributed by atoms with Gasteiger partial charge in [0.2, 0.25) is 17.8 Å². The lowest BCUT2D eigenvalue weighted by Gasteiger charge is -2.32. The minimum absolute atomic E-state index is 0.0239. The average molecular weight is 475 g/mol. The van der Waals surface area contributed by atoms with Crippen LogP contribution in [0.5, 0.6) is 0 Å². The number of nitrogens with two attached hydrogens (primary N) is 1. The third kappa shape index (κ3) is 4.13. The van der Waals surface area contributed by atoms with Crippen LogP contribution in [0.1, 0.15) is 38.1 Å². The summed E-state index contributed by atoms with van der Waals surface area (Å²) in [6.45, 7) is 0.926. The summed E-state index contributed by atoms with van der Waals surface area (Å²) in [5, 5.41) is 12.4. The van der Waals surface area contributed by atoms with Gasteiger partial charge in [-0.25, -0.2) is 23.1 Å². The minimum atomic E-state index is -1.09. The van der Waals surface area contributed by atoms with Crippen LogP contribution < -0.4 is 11.1 Å². The maximum absolute atomic E-state index is 14.3. The van der Waals surface area contributed by atoms with Crippen LogP contribution in [0.25, 0.3) is 11.2 Å². The standard InChI is InChI=1S/C22H24F3N7O2/c23-12-7-15(24)18(16(25)8-12)29-22-28-17-9-27-21(26)30-19(17)32(22)13-3-1-11(2-4-13)20(34)31-6-5-14(33)10-31/h7-9,11,13-14,33H,1-6,10H2,(H,28,29)(H2,26,27,30). The van der Waals surface area contributed by atoms with Gasteiger partial charge in [-0.15, -0.1) is 0 Å². The topological polar surface area (TPSA) is 122 Å². The van der Waals surface area contributed by atoms with Crippen molar-refractivity contribution in [2.45, 2.75) is 44.2 Å². The summed E-state index contributed by atoms with van der Waals surface area (Å²) in [7, 11) is 0. The molecule has 1 saturated carbocycles. The molecule has 9 nitrogen and oxygen atoms in total. The third-order valence-electron chi connectivity index (χ3n) is 6.58. The number of aliphatic hydroxyl groups is 1. The Hall–Kier alpha value is -3.41. The molecule has 3 heterocycles. The number of β-amino-alcohol motifs (C(OH)–C–C–N with tert-alkyl or cyclic N) is 1. The molecule has 12 heteroatoms. The molecule has 1 atom stereocenters. The van der Waals surface area contributed by atoms with Gasteiger partial charge in [0.25, 0.3) is 0 Å². The van der Waals surface area contributed by atoms with Crippen LogP contribution in [0.15, 0.2) is 18.3 Å². The van der Waals surface area contributed by atoms with Crippen LogP contribution >= 0.6 is 0 Å². The maximum atomic E-state index is 14.3. The number of anilines is 3. The highest BCUT2D eigenvalue weighted by molar-refractivity contribution is 5.79. The molecule has 1 unspecified atom stereocenters. The number of halogens is 3. The smallest absolute Gasteiger partial charge is 0.225 e. The second-order valence-corrected chi connectivity index (χ2v) is 8.84. The van der Waals surface area contributed by atoms with Crippen molar-refractivity contribution in [3.05, 3.63) is 35.8 Å². The molecule has 1 aromatic carbocycles. The number of aliphatic hydroxyl groups excluding tert-OH is 1. The summed E-state index contributed by atoms with van der Waals surface area (Å²) < 4.78 is 43.7. The largest absolute Gasteiger partial charge is 0.391 e. The highest BCUT2D eigenvalue weighted by Gasteiger charge is 2.34. The quantitative estimate of drug-likeness (QED) is 0.530. The van der Waals surface area contributed by atoms with E-state index in [0.29, 0.717) is 68.5 Å². The molecule has 1 amide bonds. The number of nitrogens with zero attached hydrogens (tertiary/aromatic N) is 5. The van der Waals surface area contributed by atoms with Gasteiger partial charge < -0.3 is 21.1 Å². The van der Waals surface area contributed by atoms with Crippen molar-refractivity contribution in [3.63, 3.8) is 0 Å². The Kier molecular flexibility index (Phi) is 5.76. The van der Waals surface area contributed by atoms with Crippen LogP contribution in [0, 0.1) is 23.4 Å². The van der Waals surface area contributed by atoms with Gasteiger partial charge in [-0.1, -0.05) is 0 Å². The summed E-state index contributed by atoms with van der Waals surface area (Å²) in [4.78, 5) is 27.2. The molecule has 180 valence electrons. The Morgan fingerprint density at radius 2 is 1.79 bits per heavy atom. The number of imidazole rings is 1. The van der Waals surface area contributed by atoms with Gasteiger partial charge in [0.05, 0.1) is 12.3 Å². The molecular weight excluding hydrogens is 451 g/mol. The normalized spacial score (nSPS) is 22.9. The lowest BCUT2D eigenvalue weighted by Crippen LogP contribution is -2.37. The molecule has 1 saturated heterocycles. The van der Waals surface area contributed by atoms with Gasteiger partial charge in [-0.2, -0.15) is 4.98 Å². The Morgan fingerprint density at radius 1 is 1.09 bits per heavy atom. The van der Waals surface area contributed by atoms with Gasteiger partial charge in [-0.05, 0) is 32.1 Å². The Labute approximate surface area is 192 Å². The van der Waals surface area contributed by atoms with Gasteiger partial charge in [0.15, 0.2) is 17.3 Å². The molecule has 2 aromatic heterocycles. The van der Waals surface area contributed by atoms with Crippen LogP contribution in [0.4, 0.5) is 30.8 Å². The zero-order valence-corrected chi connectivity index (χ0v) is 18.2. The fourth-order valence-corrected chi connectivity index (χ4v) is 4.89. The highest BCUT2D eigenvalue weighted by atomic mass is 19.1. The van der Waals surface area contributed by atoms with E-state index in [9.17, 15) is 23.1 Å². The van der Waals surface area contributed by atoms with Crippen molar-refractivity contribution < 1.29 is 23.1 Å². The van der Waals surface area contributed by atoms with Crippen molar-refractivity contribution in [1.29, 1.82) is 0 Å². The number of likely N-dealkylation sites (tertiary alicyclic amines) is 1. The first-order valence-corrected chi connectivity index (χ1v) is 11.2. The Morgan fingerprint density at radius 3 is 2.44 bits per heavy atom. The number of rotatable bonds is 4. The van der Waals surface area contributed by atoms with Crippen molar-refractivity contribution in [2.75, 3.05) is 24.1 Å². The summed E-state index contributed by atoms with van der Waals surface area (Å²) in [5.74, 6) is -3.17. The Balaban J connectivity index is 1.43. The van der Waals surface area contributed by atoms with Gasteiger partial charge in [-0.3, -0.25) is 9.36 Å². The summed E-state index contributed by atoms with van der Waals surface area (Å²) in [6, 6.07) is 1.01. The van der Waals surface area contributed by atoms with Crippen LogP contribution in [0.3, 0.4) is 0 Å². The van der Waals surface area contributed by atoms with Gasteiger partial charge in [0, 0.05) is 37.2 Å². The molecule has 34 heavy (non-hydrogen) atoms. The molecule has 0 spiro atoms. The molecule has 2 fully saturated rings. The third-order valence-corrected chi connectivity index (χ3v) is 6.58. The molecule has 3 aromatic rings. The predicted molar refractivity (Wildman–Crippen MR) is 118 cm³/mol. The molecule has 1 aliphatic carbocycles. The minimum Gasteiger partial charge on any atom is -0.391 e. The number of hydrogen-bond acceptors (Lipinski definition) is 7. The summed E-state index contributed by atoms with van der Waals surface area (Å²) >= 11 is 0. The number of carbonyl (C=O) groups excluding carboxylic acids is 1. The zero-order valence-electron chi connectivity index (χ0n) is 18.2.